The largest absolute Gasteiger partial charge is 0.465 e. The van der Waals surface area contributed by atoms with Crippen molar-refractivity contribution in [3.05, 3.63) is 36.4 Å². The zero-order chi connectivity index (χ0) is 23.7. The Morgan fingerprint density at radius 2 is 1.97 bits per heavy atom. The number of aromatic nitrogens is 5. The number of hydrogen-bond donors (Lipinski definition) is 4. The fourth-order valence-corrected chi connectivity index (χ4v) is 2.73. The molecule has 13 heteroatoms. The van der Waals surface area contributed by atoms with Crippen LogP contribution < -0.4 is 10.6 Å². The van der Waals surface area contributed by atoms with Crippen molar-refractivity contribution in [1.29, 1.82) is 0 Å². The second-order valence-electron chi connectivity index (χ2n) is 7.20. The number of nitrogens with one attached hydrogen (secondary N) is 3. The highest BCUT2D eigenvalue weighted by Crippen LogP contribution is 2.29. The maximum absolute atomic E-state index is 12.7. The molecule has 0 saturated heterocycles. The summed E-state index contributed by atoms with van der Waals surface area (Å²) in [7, 11) is 0. The molecule has 0 spiro atoms. The van der Waals surface area contributed by atoms with E-state index in [-0.39, 0.29) is 17.6 Å². The van der Waals surface area contributed by atoms with Crippen LogP contribution in [0.2, 0.25) is 0 Å². The molecule has 4 rings (SSSR count). The molecule has 0 atom stereocenters. The van der Waals surface area contributed by atoms with Crippen molar-refractivity contribution in [3.63, 3.8) is 0 Å². The van der Waals surface area contributed by atoms with Crippen LogP contribution >= 0.6 is 0 Å². The summed E-state index contributed by atoms with van der Waals surface area (Å²) in [5.41, 5.74) is -0.849. The Morgan fingerprint density at radius 1 is 1.28 bits per heavy atom. The van der Waals surface area contributed by atoms with Crippen LogP contribution in [0.5, 0.6) is 0 Å². The lowest BCUT2D eigenvalue weighted by Gasteiger charge is -2.10. The van der Waals surface area contributed by atoms with Crippen molar-refractivity contribution in [2.75, 3.05) is 5.32 Å². The number of alkyl halides is 4. The summed E-state index contributed by atoms with van der Waals surface area (Å²) in [6, 6.07) is 2.49. The first-order chi connectivity index (χ1) is 15.1. The minimum atomic E-state index is -4.53. The van der Waals surface area contributed by atoms with Gasteiger partial charge >= 0.3 is 12.3 Å². The van der Waals surface area contributed by atoms with Gasteiger partial charge in [-0.15, -0.1) is 0 Å². The standard InChI is InChI=1S/C10H7F3N6.C5H9F.C4H9NO2/c11-10(12,13)6-5-8-14-3-4-19(8)9(16-6)17-7-1-2-15-18-7;6-5-3-1-2-4-5;1-3(2)5-4(6)7/h1-5H,(H2,15,16,17,18);5H,1-4H2;3,5H,1-2H3,(H,6,7). The summed E-state index contributed by atoms with van der Waals surface area (Å²) in [5.74, 6) is 0.438. The molecular weight excluding hydrogens is 434 g/mol. The predicted octanol–water partition coefficient (Wildman–Crippen LogP) is 4.78. The van der Waals surface area contributed by atoms with Crippen molar-refractivity contribution in [2.24, 2.45) is 0 Å². The average Bonchev–Trinajstić information content (AvgIpc) is 3.43. The first kappa shape index (κ1) is 24.9. The van der Waals surface area contributed by atoms with Gasteiger partial charge in [0, 0.05) is 30.6 Å². The molecule has 1 aliphatic rings. The van der Waals surface area contributed by atoms with Gasteiger partial charge in [0.15, 0.2) is 5.69 Å². The summed E-state index contributed by atoms with van der Waals surface area (Å²) in [5, 5.41) is 19.2. The molecule has 0 aromatic carbocycles. The predicted molar refractivity (Wildman–Crippen MR) is 110 cm³/mol. The van der Waals surface area contributed by atoms with E-state index in [9.17, 15) is 22.4 Å². The molecule has 1 saturated carbocycles. The smallest absolute Gasteiger partial charge is 0.433 e. The molecule has 1 aliphatic carbocycles. The van der Waals surface area contributed by atoms with E-state index in [4.69, 9.17) is 5.11 Å². The zero-order valence-electron chi connectivity index (χ0n) is 17.5. The Hall–Kier alpha value is -3.38. The van der Waals surface area contributed by atoms with Crippen molar-refractivity contribution in [2.45, 2.75) is 57.9 Å². The monoisotopic (exact) mass is 459 g/mol. The molecule has 176 valence electrons. The lowest BCUT2D eigenvalue weighted by atomic mass is 10.3. The molecule has 1 amide bonds. The van der Waals surface area contributed by atoms with Gasteiger partial charge in [-0.25, -0.2) is 19.2 Å². The number of fused-ring (bicyclic) bond motifs is 1. The highest BCUT2D eigenvalue weighted by Gasteiger charge is 2.33. The van der Waals surface area contributed by atoms with E-state index in [0.717, 1.165) is 31.7 Å². The number of H-pyrrole nitrogens is 1. The average molecular weight is 459 g/mol. The van der Waals surface area contributed by atoms with E-state index < -0.39 is 24.1 Å². The third kappa shape index (κ3) is 8.04. The van der Waals surface area contributed by atoms with Gasteiger partial charge in [-0.1, -0.05) is 12.8 Å². The number of hydrogen-bond acceptors (Lipinski definition) is 5. The number of aromatic amines is 1. The third-order valence-corrected chi connectivity index (χ3v) is 4.12. The summed E-state index contributed by atoms with van der Waals surface area (Å²) in [6.07, 6.45) is 2.30. The molecule has 0 aliphatic heterocycles. The molecule has 32 heavy (non-hydrogen) atoms. The second-order valence-corrected chi connectivity index (χ2v) is 7.20. The van der Waals surface area contributed by atoms with E-state index in [0.29, 0.717) is 5.82 Å². The number of carboxylic acid groups (broad SMARTS) is 1. The van der Waals surface area contributed by atoms with Crippen LogP contribution in [0, 0.1) is 0 Å². The van der Waals surface area contributed by atoms with Gasteiger partial charge < -0.3 is 15.7 Å². The van der Waals surface area contributed by atoms with E-state index in [2.05, 4.69) is 30.8 Å². The summed E-state index contributed by atoms with van der Waals surface area (Å²) in [6.45, 7) is 3.54. The first-order valence-corrected chi connectivity index (χ1v) is 9.87. The molecule has 3 heterocycles. The molecule has 1 fully saturated rings. The van der Waals surface area contributed by atoms with Gasteiger partial charge in [0.1, 0.15) is 17.6 Å². The van der Waals surface area contributed by atoms with Crippen molar-refractivity contribution >= 4 is 23.5 Å². The van der Waals surface area contributed by atoms with Gasteiger partial charge in [0.05, 0.1) is 6.20 Å². The Bertz CT molecular complexity index is 968. The molecular formula is C19H25F4N7O2. The van der Waals surface area contributed by atoms with Gasteiger partial charge in [0.2, 0.25) is 5.95 Å². The molecule has 9 nitrogen and oxygen atoms in total. The van der Waals surface area contributed by atoms with Gasteiger partial charge in [-0.3, -0.25) is 9.50 Å². The van der Waals surface area contributed by atoms with Gasteiger partial charge in [-0.05, 0) is 26.7 Å². The van der Waals surface area contributed by atoms with Crippen LogP contribution in [0.1, 0.15) is 45.2 Å². The minimum absolute atomic E-state index is 0.00609. The normalized spacial score (nSPS) is 13.8. The summed E-state index contributed by atoms with van der Waals surface area (Å²) >= 11 is 0. The lowest BCUT2D eigenvalue weighted by molar-refractivity contribution is -0.141. The second kappa shape index (κ2) is 11.3. The van der Waals surface area contributed by atoms with Crippen LogP contribution in [0.3, 0.4) is 0 Å². The zero-order valence-corrected chi connectivity index (χ0v) is 17.5. The number of amides is 1. The summed E-state index contributed by atoms with van der Waals surface area (Å²) < 4.78 is 51.5. The molecule has 0 unspecified atom stereocenters. The Balaban J connectivity index is 0.000000229. The number of imidazole rings is 1. The van der Waals surface area contributed by atoms with E-state index in [1.807, 2.05) is 0 Å². The topological polar surface area (TPSA) is 120 Å². The fourth-order valence-electron chi connectivity index (χ4n) is 2.73. The molecule has 0 bridgehead atoms. The van der Waals surface area contributed by atoms with Crippen LogP contribution in [-0.2, 0) is 6.18 Å². The Morgan fingerprint density at radius 3 is 2.41 bits per heavy atom. The molecule has 3 aromatic heterocycles. The van der Waals surface area contributed by atoms with Crippen molar-refractivity contribution in [1.82, 2.24) is 29.9 Å². The first-order valence-electron chi connectivity index (χ1n) is 9.87. The van der Waals surface area contributed by atoms with E-state index in [1.165, 1.54) is 23.0 Å². The lowest BCUT2D eigenvalue weighted by Crippen LogP contribution is -2.27. The number of rotatable bonds is 3. The SMILES string of the molecule is CC(C)NC(=O)O.FC(F)(F)c1cc2nccn2c(Nc2ccn[nH]2)n1.FC1CCCC1. The third-order valence-electron chi connectivity index (χ3n) is 4.12. The highest BCUT2D eigenvalue weighted by molar-refractivity contribution is 5.64. The highest BCUT2D eigenvalue weighted by atomic mass is 19.4. The molecule has 3 aromatic rings. The van der Waals surface area contributed by atoms with Crippen LogP contribution in [0.15, 0.2) is 30.7 Å². The van der Waals surface area contributed by atoms with Crippen LogP contribution in [-0.4, -0.2) is 48.0 Å². The van der Waals surface area contributed by atoms with Gasteiger partial charge in [0.25, 0.3) is 0 Å². The quantitative estimate of drug-likeness (QED) is 0.419. The molecule has 0 radical (unpaired) electrons. The Labute approximate surface area is 181 Å². The maximum atomic E-state index is 12.7. The van der Waals surface area contributed by atoms with Crippen molar-refractivity contribution in [3.8, 4) is 0 Å². The maximum Gasteiger partial charge on any atom is 0.433 e. The van der Waals surface area contributed by atoms with Crippen LogP contribution in [0.25, 0.3) is 5.65 Å². The van der Waals surface area contributed by atoms with E-state index in [1.54, 1.807) is 19.9 Å². The number of nitrogens with zero attached hydrogens (tertiary/aromatic N) is 4. The fraction of sp³-hybridized carbons (Fsp3) is 0.474. The van der Waals surface area contributed by atoms with E-state index >= 15 is 0 Å². The number of halogens is 4. The number of anilines is 2. The summed E-state index contributed by atoms with van der Waals surface area (Å²) in [4.78, 5) is 17.1. The van der Waals surface area contributed by atoms with Crippen molar-refractivity contribution < 1.29 is 27.5 Å². The van der Waals surface area contributed by atoms with Crippen LogP contribution in [0.4, 0.5) is 34.1 Å². The Kier molecular flexibility index (Phi) is 8.79. The number of carbonyl (C=O) groups is 1. The molecule has 4 N–H and O–H groups in total. The van der Waals surface area contributed by atoms with Gasteiger partial charge in [-0.2, -0.15) is 18.3 Å². The minimum Gasteiger partial charge on any atom is -0.465 e.